The molecule has 1 fully saturated rings. The molecule has 0 bridgehead atoms. The highest BCUT2D eigenvalue weighted by molar-refractivity contribution is 7.71. The summed E-state index contributed by atoms with van der Waals surface area (Å²) in [5, 5.41) is 4.79. The molecule has 1 saturated heterocycles. The van der Waals surface area contributed by atoms with Crippen molar-refractivity contribution in [2.75, 3.05) is 32.7 Å². The predicted octanol–water partition coefficient (Wildman–Crippen LogP) is 3.26. The fraction of sp³-hybridized carbons (Fsp3) is 0.368. The van der Waals surface area contributed by atoms with Crippen molar-refractivity contribution >= 4 is 12.2 Å². The Bertz CT molecular complexity index is 892. The van der Waals surface area contributed by atoms with Crippen molar-refractivity contribution in [2.24, 2.45) is 0 Å². The monoisotopic (exact) mass is 369 g/mol. The minimum Gasteiger partial charge on any atom is -0.461 e. The van der Waals surface area contributed by atoms with Crippen LogP contribution in [-0.2, 0) is 6.67 Å². The second kappa shape index (κ2) is 7.57. The van der Waals surface area contributed by atoms with Crippen LogP contribution in [-0.4, -0.2) is 56.9 Å². The molecule has 0 N–H and O–H groups in total. The number of rotatable bonds is 5. The van der Waals surface area contributed by atoms with Gasteiger partial charge in [0.1, 0.15) is 0 Å². The number of nitrogens with zero attached hydrogens (tertiary/aromatic N) is 5. The van der Waals surface area contributed by atoms with E-state index in [1.165, 1.54) is 0 Å². The van der Waals surface area contributed by atoms with Crippen LogP contribution in [0.3, 0.4) is 0 Å². The van der Waals surface area contributed by atoms with E-state index in [1.54, 1.807) is 6.26 Å². The molecule has 1 aromatic carbocycles. The van der Waals surface area contributed by atoms with Gasteiger partial charge in [0.2, 0.25) is 10.6 Å². The molecule has 3 heterocycles. The fourth-order valence-corrected chi connectivity index (χ4v) is 3.60. The van der Waals surface area contributed by atoms with Gasteiger partial charge in [-0.2, -0.15) is 0 Å². The number of para-hydroxylation sites is 1. The van der Waals surface area contributed by atoms with Gasteiger partial charge in [-0.3, -0.25) is 9.47 Å². The van der Waals surface area contributed by atoms with Crippen molar-refractivity contribution in [3.63, 3.8) is 0 Å². The number of furan rings is 1. The molecular formula is C19H23N5OS. The molecule has 0 amide bonds. The molecule has 4 rings (SSSR count). The van der Waals surface area contributed by atoms with Crippen LogP contribution in [0.2, 0.25) is 0 Å². The summed E-state index contributed by atoms with van der Waals surface area (Å²) in [7, 11) is 0. The lowest BCUT2D eigenvalue weighted by atomic mass is 10.3. The lowest BCUT2D eigenvalue weighted by Crippen LogP contribution is -2.46. The van der Waals surface area contributed by atoms with E-state index in [-0.39, 0.29) is 0 Å². The lowest BCUT2D eigenvalue weighted by Gasteiger charge is -2.33. The van der Waals surface area contributed by atoms with Gasteiger partial charge >= 0.3 is 0 Å². The Hall–Kier alpha value is -2.22. The van der Waals surface area contributed by atoms with Gasteiger partial charge in [-0.1, -0.05) is 25.1 Å². The third-order valence-electron chi connectivity index (χ3n) is 4.84. The fourth-order valence-electron chi connectivity index (χ4n) is 3.31. The van der Waals surface area contributed by atoms with Gasteiger partial charge in [-0.15, -0.1) is 5.10 Å². The van der Waals surface area contributed by atoms with E-state index < -0.39 is 0 Å². The normalized spacial score (nSPS) is 16.2. The first-order valence-corrected chi connectivity index (χ1v) is 9.41. The van der Waals surface area contributed by atoms with E-state index >= 15 is 0 Å². The molecule has 1 aliphatic rings. The molecule has 0 aliphatic carbocycles. The quantitative estimate of drug-likeness (QED) is 0.646. The summed E-state index contributed by atoms with van der Waals surface area (Å²) in [6.07, 6.45) is 1.66. The SMILES string of the molecule is CCN1CCN(Cn2nc(-c3ccco3)n(-c3ccccc3)c2=S)CC1. The maximum absolute atomic E-state index is 5.77. The number of piperazine rings is 1. The van der Waals surface area contributed by atoms with Crippen LogP contribution in [0.4, 0.5) is 0 Å². The van der Waals surface area contributed by atoms with Crippen molar-refractivity contribution in [1.82, 2.24) is 24.1 Å². The maximum Gasteiger partial charge on any atom is 0.204 e. The lowest BCUT2D eigenvalue weighted by molar-refractivity contribution is 0.106. The van der Waals surface area contributed by atoms with Crippen LogP contribution in [0.5, 0.6) is 0 Å². The molecular weight excluding hydrogens is 346 g/mol. The minimum absolute atomic E-state index is 0.681. The van der Waals surface area contributed by atoms with Crippen molar-refractivity contribution in [3.05, 3.63) is 53.5 Å². The Kier molecular flexibility index (Phi) is 5.01. The van der Waals surface area contributed by atoms with Crippen molar-refractivity contribution in [2.45, 2.75) is 13.6 Å². The highest BCUT2D eigenvalue weighted by Gasteiger charge is 2.20. The first-order chi connectivity index (χ1) is 12.8. The summed E-state index contributed by atoms with van der Waals surface area (Å²) >= 11 is 5.77. The van der Waals surface area contributed by atoms with Crippen molar-refractivity contribution < 1.29 is 4.42 Å². The Morgan fingerprint density at radius 2 is 1.73 bits per heavy atom. The van der Waals surface area contributed by atoms with Gasteiger partial charge in [0.05, 0.1) is 18.6 Å². The zero-order valence-corrected chi connectivity index (χ0v) is 15.7. The summed E-state index contributed by atoms with van der Waals surface area (Å²) in [6.45, 7) is 8.27. The smallest absolute Gasteiger partial charge is 0.204 e. The standard InChI is InChI=1S/C19H23N5OS/c1-2-21-10-12-22(13-11-21)15-23-19(26)24(16-7-4-3-5-8-16)18(20-23)17-9-6-14-25-17/h3-9,14H,2,10-13,15H2,1H3. The van der Waals surface area contributed by atoms with Gasteiger partial charge < -0.3 is 9.32 Å². The van der Waals surface area contributed by atoms with Crippen molar-refractivity contribution in [1.29, 1.82) is 0 Å². The summed E-state index contributed by atoms with van der Waals surface area (Å²) in [4.78, 5) is 4.86. The van der Waals surface area contributed by atoms with Crippen LogP contribution < -0.4 is 0 Å². The number of aromatic nitrogens is 3. The topological polar surface area (TPSA) is 42.4 Å². The number of benzene rings is 1. The first kappa shape index (κ1) is 17.2. The highest BCUT2D eigenvalue weighted by atomic mass is 32.1. The van der Waals surface area contributed by atoms with E-state index in [0.717, 1.165) is 50.0 Å². The molecule has 3 aromatic rings. The van der Waals surface area contributed by atoms with Gasteiger partial charge in [0, 0.05) is 26.2 Å². The van der Waals surface area contributed by atoms with Gasteiger partial charge in [-0.25, -0.2) is 4.68 Å². The third kappa shape index (κ3) is 3.38. The van der Waals surface area contributed by atoms with Gasteiger partial charge in [-0.05, 0) is 43.0 Å². The van der Waals surface area contributed by atoms with Crippen LogP contribution in [0.15, 0.2) is 53.1 Å². The number of hydrogen-bond donors (Lipinski definition) is 0. The Morgan fingerprint density at radius 3 is 2.38 bits per heavy atom. The zero-order valence-electron chi connectivity index (χ0n) is 14.9. The third-order valence-corrected chi connectivity index (χ3v) is 5.23. The molecule has 0 radical (unpaired) electrons. The summed E-state index contributed by atoms with van der Waals surface area (Å²) in [5.74, 6) is 1.45. The molecule has 136 valence electrons. The van der Waals surface area contributed by atoms with E-state index in [4.69, 9.17) is 21.7 Å². The van der Waals surface area contributed by atoms with Crippen molar-refractivity contribution in [3.8, 4) is 17.3 Å². The molecule has 2 aromatic heterocycles. The Morgan fingerprint density at radius 1 is 1.00 bits per heavy atom. The Balaban J connectivity index is 1.67. The molecule has 1 aliphatic heterocycles. The van der Waals surface area contributed by atoms with Crippen LogP contribution >= 0.6 is 12.2 Å². The van der Waals surface area contributed by atoms with Gasteiger partial charge in [0.25, 0.3) is 0 Å². The van der Waals surface area contributed by atoms with E-state index in [2.05, 4.69) is 16.7 Å². The molecule has 0 spiro atoms. The zero-order chi connectivity index (χ0) is 17.9. The average Bonchev–Trinajstić information content (AvgIpc) is 3.32. The highest BCUT2D eigenvalue weighted by Crippen LogP contribution is 2.23. The minimum atomic E-state index is 0.681. The molecule has 0 atom stereocenters. The number of hydrogen-bond acceptors (Lipinski definition) is 5. The summed E-state index contributed by atoms with van der Waals surface area (Å²) in [6, 6.07) is 13.9. The molecule has 26 heavy (non-hydrogen) atoms. The average molecular weight is 369 g/mol. The largest absolute Gasteiger partial charge is 0.461 e. The maximum atomic E-state index is 5.77. The van der Waals surface area contributed by atoms with Crippen LogP contribution in [0.25, 0.3) is 17.3 Å². The van der Waals surface area contributed by atoms with E-state index in [0.29, 0.717) is 11.4 Å². The molecule has 0 saturated carbocycles. The van der Waals surface area contributed by atoms with E-state index in [9.17, 15) is 0 Å². The van der Waals surface area contributed by atoms with Crippen LogP contribution in [0.1, 0.15) is 6.92 Å². The van der Waals surface area contributed by atoms with E-state index in [1.807, 2.05) is 51.7 Å². The first-order valence-electron chi connectivity index (χ1n) is 9.00. The second-order valence-corrected chi connectivity index (χ2v) is 6.81. The molecule has 6 nitrogen and oxygen atoms in total. The Labute approximate surface area is 158 Å². The predicted molar refractivity (Wildman–Crippen MR) is 104 cm³/mol. The summed E-state index contributed by atoms with van der Waals surface area (Å²) < 4.78 is 10.2. The molecule has 7 heteroatoms. The molecule has 0 unspecified atom stereocenters. The van der Waals surface area contributed by atoms with Gasteiger partial charge in [0.15, 0.2) is 5.76 Å². The summed E-state index contributed by atoms with van der Waals surface area (Å²) in [5.41, 5.74) is 0.992. The number of likely N-dealkylation sites (N-methyl/N-ethyl adjacent to an activating group) is 1. The van der Waals surface area contributed by atoms with Crippen LogP contribution in [0, 0.1) is 4.77 Å². The second-order valence-electron chi connectivity index (χ2n) is 6.45.